The Hall–Kier alpha value is -2.20. The van der Waals surface area contributed by atoms with E-state index in [1.54, 1.807) is 30.3 Å². The van der Waals surface area contributed by atoms with E-state index in [1.807, 2.05) is 13.8 Å². The molecule has 0 aliphatic carbocycles. The zero-order valence-electron chi connectivity index (χ0n) is 12.1. The molecule has 1 aromatic carbocycles. The molecule has 1 heterocycles. The molecule has 22 heavy (non-hydrogen) atoms. The SMILES string of the molecule is CC1=C(C#N)C(C=C(Cl)c2ccc(Cl)cc2)C(C#N)=C(C)N1. The highest BCUT2D eigenvalue weighted by Gasteiger charge is 2.26. The second-order valence-electron chi connectivity index (χ2n) is 4.93. The number of nitriles is 2. The van der Waals surface area contributed by atoms with E-state index in [-0.39, 0.29) is 0 Å². The lowest BCUT2D eigenvalue weighted by atomic mass is 9.86. The molecule has 0 bridgehead atoms. The van der Waals surface area contributed by atoms with Crippen LogP contribution in [0.1, 0.15) is 19.4 Å². The highest BCUT2D eigenvalue weighted by Crippen LogP contribution is 2.33. The molecular formula is C17H13Cl2N3. The van der Waals surface area contributed by atoms with E-state index >= 15 is 0 Å². The number of nitrogens with one attached hydrogen (secondary N) is 1. The summed E-state index contributed by atoms with van der Waals surface area (Å²) in [5, 5.41) is 22.9. The number of halogens is 2. The van der Waals surface area contributed by atoms with Gasteiger partial charge in [-0.05, 0) is 31.5 Å². The van der Waals surface area contributed by atoms with Crippen molar-refractivity contribution in [2.24, 2.45) is 5.92 Å². The summed E-state index contributed by atoms with van der Waals surface area (Å²) in [5.74, 6) is -0.445. The molecule has 1 N–H and O–H groups in total. The van der Waals surface area contributed by atoms with Gasteiger partial charge in [0.1, 0.15) is 0 Å². The summed E-state index contributed by atoms with van der Waals surface area (Å²) < 4.78 is 0. The third kappa shape index (κ3) is 3.17. The van der Waals surface area contributed by atoms with Crippen molar-refractivity contribution in [1.29, 1.82) is 10.5 Å². The molecule has 0 aromatic heterocycles. The molecule has 0 atom stereocenters. The molecule has 1 aliphatic rings. The maximum atomic E-state index is 9.38. The van der Waals surface area contributed by atoms with Gasteiger partial charge in [-0.1, -0.05) is 41.4 Å². The minimum Gasteiger partial charge on any atom is -0.361 e. The normalized spacial score (nSPS) is 16.2. The lowest BCUT2D eigenvalue weighted by Crippen LogP contribution is -2.23. The zero-order valence-corrected chi connectivity index (χ0v) is 13.6. The first-order valence-corrected chi connectivity index (χ1v) is 7.35. The van der Waals surface area contributed by atoms with Crippen molar-refractivity contribution >= 4 is 28.2 Å². The smallest absolute Gasteiger partial charge is 0.0975 e. The Bertz CT molecular complexity index is 736. The molecule has 5 heteroatoms. The standard InChI is InChI=1S/C17H13Cl2N3/c1-10-15(8-20)14(16(9-21)11(2)22-10)7-17(19)12-3-5-13(18)6-4-12/h3-7,14,22H,1-2H3. The Morgan fingerprint density at radius 2 is 1.59 bits per heavy atom. The number of hydrogen-bond acceptors (Lipinski definition) is 3. The third-order valence-electron chi connectivity index (χ3n) is 3.48. The van der Waals surface area contributed by atoms with Crippen LogP contribution in [0.5, 0.6) is 0 Å². The molecule has 3 nitrogen and oxygen atoms in total. The number of hydrogen-bond donors (Lipinski definition) is 1. The second kappa shape index (κ2) is 6.71. The first-order chi connectivity index (χ1) is 10.5. The molecule has 110 valence electrons. The van der Waals surface area contributed by atoms with Crippen LogP contribution in [0.25, 0.3) is 5.03 Å². The van der Waals surface area contributed by atoms with Gasteiger partial charge in [0.15, 0.2) is 0 Å². The molecule has 0 fully saturated rings. The lowest BCUT2D eigenvalue weighted by molar-refractivity contribution is 0.799. The Balaban J connectivity index is 2.49. The van der Waals surface area contributed by atoms with Crippen molar-refractivity contribution in [2.45, 2.75) is 13.8 Å². The van der Waals surface area contributed by atoms with Gasteiger partial charge in [-0.3, -0.25) is 0 Å². The van der Waals surface area contributed by atoms with E-state index in [2.05, 4.69) is 17.5 Å². The van der Waals surface area contributed by atoms with Gasteiger partial charge in [0.25, 0.3) is 0 Å². The van der Waals surface area contributed by atoms with Gasteiger partial charge < -0.3 is 5.32 Å². The van der Waals surface area contributed by atoms with E-state index in [1.165, 1.54) is 0 Å². The average molecular weight is 330 g/mol. The molecule has 0 amide bonds. The van der Waals surface area contributed by atoms with Crippen molar-refractivity contribution in [1.82, 2.24) is 5.32 Å². The number of rotatable bonds is 2. The highest BCUT2D eigenvalue weighted by atomic mass is 35.5. The molecule has 0 spiro atoms. The molecule has 0 saturated carbocycles. The Morgan fingerprint density at radius 1 is 1.09 bits per heavy atom. The van der Waals surface area contributed by atoms with Crippen LogP contribution < -0.4 is 5.32 Å². The zero-order chi connectivity index (χ0) is 16.3. The summed E-state index contributed by atoms with van der Waals surface area (Å²) in [7, 11) is 0. The number of dihydropyridines is 1. The van der Waals surface area contributed by atoms with Crippen LogP contribution >= 0.6 is 23.2 Å². The Labute approximate surface area is 139 Å². The number of allylic oxidation sites excluding steroid dienone is 5. The number of benzene rings is 1. The van der Waals surface area contributed by atoms with Crippen molar-refractivity contribution in [3.05, 3.63) is 63.5 Å². The van der Waals surface area contributed by atoms with Gasteiger partial charge in [-0.25, -0.2) is 0 Å². The van der Waals surface area contributed by atoms with Gasteiger partial charge in [-0.15, -0.1) is 0 Å². The fraction of sp³-hybridized carbons (Fsp3) is 0.176. The van der Waals surface area contributed by atoms with Gasteiger partial charge in [0.05, 0.1) is 29.2 Å². The van der Waals surface area contributed by atoms with Crippen LogP contribution in [0, 0.1) is 28.6 Å². The van der Waals surface area contributed by atoms with E-state index in [9.17, 15) is 10.5 Å². The minimum atomic E-state index is -0.445. The molecule has 2 rings (SSSR count). The Morgan fingerprint density at radius 3 is 2.05 bits per heavy atom. The number of nitrogens with zero attached hydrogens (tertiary/aromatic N) is 2. The summed E-state index contributed by atoms with van der Waals surface area (Å²) in [5.41, 5.74) is 3.25. The van der Waals surface area contributed by atoms with Gasteiger partial charge in [0, 0.05) is 21.4 Å². The summed E-state index contributed by atoms with van der Waals surface area (Å²) in [4.78, 5) is 0. The summed E-state index contributed by atoms with van der Waals surface area (Å²) in [6, 6.07) is 11.4. The van der Waals surface area contributed by atoms with E-state index < -0.39 is 5.92 Å². The minimum absolute atomic E-state index is 0.445. The van der Waals surface area contributed by atoms with Crippen LogP contribution in [0.4, 0.5) is 0 Å². The summed E-state index contributed by atoms with van der Waals surface area (Å²) >= 11 is 12.2. The predicted molar refractivity (Wildman–Crippen MR) is 88.5 cm³/mol. The van der Waals surface area contributed by atoms with Crippen LogP contribution in [0.2, 0.25) is 5.02 Å². The molecule has 0 unspecified atom stereocenters. The molecule has 0 saturated heterocycles. The molecular weight excluding hydrogens is 317 g/mol. The monoisotopic (exact) mass is 329 g/mol. The van der Waals surface area contributed by atoms with Crippen LogP contribution in [0.15, 0.2) is 52.9 Å². The maximum absolute atomic E-state index is 9.38. The first-order valence-electron chi connectivity index (χ1n) is 6.60. The van der Waals surface area contributed by atoms with Crippen LogP contribution in [-0.2, 0) is 0 Å². The lowest BCUT2D eigenvalue weighted by Gasteiger charge is -2.24. The van der Waals surface area contributed by atoms with Crippen molar-refractivity contribution in [3.8, 4) is 12.1 Å². The van der Waals surface area contributed by atoms with Crippen molar-refractivity contribution in [3.63, 3.8) is 0 Å². The fourth-order valence-corrected chi connectivity index (χ4v) is 2.73. The molecule has 1 aromatic rings. The largest absolute Gasteiger partial charge is 0.361 e. The molecule has 1 aliphatic heterocycles. The highest BCUT2D eigenvalue weighted by molar-refractivity contribution is 6.48. The van der Waals surface area contributed by atoms with Crippen LogP contribution in [-0.4, -0.2) is 0 Å². The first kappa shape index (κ1) is 16.2. The van der Waals surface area contributed by atoms with E-state index in [4.69, 9.17) is 23.2 Å². The van der Waals surface area contributed by atoms with Gasteiger partial charge >= 0.3 is 0 Å². The topological polar surface area (TPSA) is 59.6 Å². The summed E-state index contributed by atoms with van der Waals surface area (Å²) in [6.07, 6.45) is 1.73. The fourth-order valence-electron chi connectivity index (χ4n) is 2.35. The van der Waals surface area contributed by atoms with Crippen molar-refractivity contribution < 1.29 is 0 Å². The van der Waals surface area contributed by atoms with Crippen molar-refractivity contribution in [2.75, 3.05) is 0 Å². The van der Waals surface area contributed by atoms with Gasteiger partial charge in [-0.2, -0.15) is 10.5 Å². The summed E-state index contributed by atoms with van der Waals surface area (Å²) in [6.45, 7) is 3.63. The predicted octanol–water partition coefficient (Wildman–Crippen LogP) is 4.73. The Kier molecular flexibility index (Phi) is 4.93. The third-order valence-corrected chi connectivity index (χ3v) is 4.08. The maximum Gasteiger partial charge on any atom is 0.0975 e. The second-order valence-corrected chi connectivity index (χ2v) is 5.77. The quantitative estimate of drug-likeness (QED) is 0.852. The molecule has 0 radical (unpaired) electrons. The average Bonchev–Trinajstić information content (AvgIpc) is 2.48. The van der Waals surface area contributed by atoms with E-state index in [0.29, 0.717) is 21.2 Å². The van der Waals surface area contributed by atoms with E-state index in [0.717, 1.165) is 17.0 Å². The van der Waals surface area contributed by atoms with Gasteiger partial charge in [0.2, 0.25) is 0 Å². The van der Waals surface area contributed by atoms with Crippen LogP contribution in [0.3, 0.4) is 0 Å².